The summed E-state index contributed by atoms with van der Waals surface area (Å²) in [5, 5.41) is 12.5. The summed E-state index contributed by atoms with van der Waals surface area (Å²) >= 11 is 0. The lowest BCUT2D eigenvalue weighted by Crippen LogP contribution is -2.33. The molecule has 3 nitrogen and oxygen atoms in total. The highest BCUT2D eigenvalue weighted by Crippen LogP contribution is 2.48. The summed E-state index contributed by atoms with van der Waals surface area (Å²) in [6, 6.07) is 16.6. The molecule has 5 rings (SSSR count). The van der Waals surface area contributed by atoms with Gasteiger partial charge >= 0.3 is 6.18 Å². The van der Waals surface area contributed by atoms with Crippen molar-refractivity contribution in [1.29, 1.82) is 0 Å². The summed E-state index contributed by atoms with van der Waals surface area (Å²) < 4.78 is 54.8. The Morgan fingerprint density at radius 3 is 2.21 bits per heavy atom. The largest absolute Gasteiger partial charge is 0.505 e. The number of hydrogen-bond donors (Lipinski definition) is 2. The van der Waals surface area contributed by atoms with Crippen molar-refractivity contribution < 1.29 is 27.5 Å². The Kier molecular flexibility index (Phi) is 9.28. The van der Waals surface area contributed by atoms with E-state index in [1.165, 1.54) is 56.4 Å². The lowest BCUT2D eigenvalue weighted by Gasteiger charge is -2.40. The molecule has 1 amide bonds. The molecule has 2 saturated carbocycles. The second kappa shape index (κ2) is 12.9. The fourth-order valence-electron chi connectivity index (χ4n) is 7.39. The van der Waals surface area contributed by atoms with Crippen LogP contribution in [0.2, 0.25) is 0 Å². The van der Waals surface area contributed by atoms with Gasteiger partial charge in [0.05, 0.1) is 5.56 Å². The summed E-state index contributed by atoms with van der Waals surface area (Å²) in [7, 11) is 0. The van der Waals surface area contributed by atoms with Gasteiger partial charge in [-0.15, -0.1) is 0 Å². The van der Waals surface area contributed by atoms with E-state index in [-0.39, 0.29) is 23.6 Å². The van der Waals surface area contributed by atoms with Crippen LogP contribution in [-0.4, -0.2) is 11.0 Å². The zero-order valence-electron chi connectivity index (χ0n) is 24.4. The Labute approximate surface area is 251 Å². The maximum absolute atomic E-state index is 13.8. The van der Waals surface area contributed by atoms with Crippen molar-refractivity contribution in [3.63, 3.8) is 0 Å². The van der Waals surface area contributed by atoms with Gasteiger partial charge in [0.25, 0.3) is 0 Å². The zero-order chi connectivity index (χ0) is 30.6. The van der Waals surface area contributed by atoms with Crippen LogP contribution in [0.15, 0.2) is 78.9 Å². The van der Waals surface area contributed by atoms with E-state index in [2.05, 4.69) is 11.9 Å². The van der Waals surface area contributed by atoms with Gasteiger partial charge in [-0.1, -0.05) is 99.6 Å². The quantitative estimate of drug-likeness (QED) is 0.212. The van der Waals surface area contributed by atoms with Crippen LogP contribution in [-0.2, 0) is 16.4 Å². The van der Waals surface area contributed by atoms with Crippen molar-refractivity contribution >= 4 is 11.6 Å². The van der Waals surface area contributed by atoms with Gasteiger partial charge in [0.2, 0.25) is 5.91 Å². The molecule has 3 aromatic carbocycles. The lowest BCUT2D eigenvalue weighted by molar-refractivity contribution is -0.137. The van der Waals surface area contributed by atoms with Crippen LogP contribution in [0.5, 0.6) is 5.75 Å². The molecule has 7 heteroatoms. The van der Waals surface area contributed by atoms with Gasteiger partial charge in [-0.25, -0.2) is 4.39 Å². The number of nitrogens with one attached hydrogen (secondary N) is 1. The molecule has 2 N–H and O–H groups in total. The van der Waals surface area contributed by atoms with E-state index in [1.807, 2.05) is 12.1 Å². The number of carbonyl (C=O) groups excluding carboxylic acids is 1. The van der Waals surface area contributed by atoms with Crippen LogP contribution in [0, 0.1) is 17.7 Å². The molecule has 2 unspecified atom stereocenters. The van der Waals surface area contributed by atoms with E-state index in [9.17, 15) is 27.5 Å². The van der Waals surface area contributed by atoms with Crippen molar-refractivity contribution in [1.82, 2.24) is 0 Å². The van der Waals surface area contributed by atoms with Gasteiger partial charge in [-0.05, 0) is 66.0 Å². The standard InChI is InChI=1S/C36H39F4NO2/c1-24(22-34(43)41-29-17-18-32(37)33(42)23-29)35(20-7-6-10-26(19-21-35)25-8-2-3-9-25)28-15-13-27(14-16-28)30-11-4-5-12-31(30)36(38,39)40/h4-5,11-18,23,25-26,42H,1-3,6-10,19-22H2,(H,41,43). The minimum atomic E-state index is -4.46. The molecule has 228 valence electrons. The van der Waals surface area contributed by atoms with E-state index in [0.29, 0.717) is 11.5 Å². The fraction of sp³-hybridized carbons (Fsp3) is 0.417. The second-order valence-electron chi connectivity index (χ2n) is 12.3. The molecule has 0 aromatic heterocycles. The van der Waals surface area contributed by atoms with Crippen molar-refractivity contribution in [3.05, 3.63) is 95.8 Å². The first-order valence-corrected chi connectivity index (χ1v) is 15.3. The molecule has 0 saturated heterocycles. The average Bonchev–Trinajstić information content (AvgIpc) is 3.50. The number of amides is 1. The first-order chi connectivity index (χ1) is 20.6. The van der Waals surface area contributed by atoms with Crippen LogP contribution in [0.3, 0.4) is 0 Å². The SMILES string of the molecule is C=C(CC(=O)Nc1ccc(F)c(O)c1)C1(c2ccc(-c3ccccc3C(F)(F)F)cc2)CCCCC(C2CCCC2)CC1. The molecule has 0 aliphatic heterocycles. The molecule has 2 aliphatic carbocycles. The Morgan fingerprint density at radius 2 is 1.53 bits per heavy atom. The molecule has 0 bridgehead atoms. The minimum absolute atomic E-state index is 0.0326. The maximum atomic E-state index is 13.8. The first-order valence-electron chi connectivity index (χ1n) is 15.3. The number of halogens is 4. The highest BCUT2D eigenvalue weighted by Gasteiger charge is 2.39. The van der Waals surface area contributed by atoms with E-state index < -0.39 is 28.7 Å². The van der Waals surface area contributed by atoms with Crippen LogP contribution in [0.25, 0.3) is 11.1 Å². The summed E-state index contributed by atoms with van der Waals surface area (Å²) in [5.74, 6) is -0.295. The molecular weight excluding hydrogens is 554 g/mol. The average molecular weight is 594 g/mol. The molecule has 0 heterocycles. The molecule has 0 radical (unpaired) electrons. The van der Waals surface area contributed by atoms with Gasteiger partial charge < -0.3 is 10.4 Å². The Hall–Kier alpha value is -3.61. The third kappa shape index (κ3) is 6.97. The third-order valence-corrected chi connectivity index (χ3v) is 9.70. The third-order valence-electron chi connectivity index (χ3n) is 9.70. The van der Waals surface area contributed by atoms with Crippen LogP contribution >= 0.6 is 0 Å². The Morgan fingerprint density at radius 1 is 0.884 bits per heavy atom. The molecule has 0 spiro atoms. The predicted molar refractivity (Wildman–Crippen MR) is 162 cm³/mol. The van der Waals surface area contributed by atoms with Crippen LogP contribution in [0.4, 0.5) is 23.2 Å². The summed E-state index contributed by atoms with van der Waals surface area (Å²) in [6.07, 6.45) is 6.53. The highest BCUT2D eigenvalue weighted by atomic mass is 19.4. The van der Waals surface area contributed by atoms with Gasteiger partial charge in [0, 0.05) is 23.6 Å². The van der Waals surface area contributed by atoms with Crippen molar-refractivity contribution in [2.45, 2.75) is 82.2 Å². The smallest absolute Gasteiger partial charge is 0.417 e. The highest BCUT2D eigenvalue weighted by molar-refractivity contribution is 5.92. The molecule has 3 aromatic rings. The maximum Gasteiger partial charge on any atom is 0.417 e. The van der Waals surface area contributed by atoms with E-state index in [1.54, 1.807) is 18.2 Å². The number of rotatable bonds is 7. The van der Waals surface area contributed by atoms with Crippen molar-refractivity contribution in [2.24, 2.45) is 11.8 Å². The van der Waals surface area contributed by atoms with E-state index >= 15 is 0 Å². The van der Waals surface area contributed by atoms with E-state index in [0.717, 1.165) is 61.3 Å². The summed E-state index contributed by atoms with van der Waals surface area (Å²) in [6.45, 7) is 4.44. The van der Waals surface area contributed by atoms with E-state index in [4.69, 9.17) is 0 Å². The van der Waals surface area contributed by atoms with Gasteiger partial charge in [-0.2, -0.15) is 13.2 Å². The molecule has 2 atom stereocenters. The van der Waals surface area contributed by atoms with Gasteiger partial charge in [0.1, 0.15) is 0 Å². The number of alkyl halides is 3. The number of benzene rings is 3. The van der Waals surface area contributed by atoms with Gasteiger partial charge in [0.15, 0.2) is 11.6 Å². The summed E-state index contributed by atoms with van der Waals surface area (Å²) in [5.41, 5.74) is 1.45. The lowest BCUT2D eigenvalue weighted by atomic mass is 9.63. The van der Waals surface area contributed by atoms with Crippen LogP contribution < -0.4 is 5.32 Å². The number of anilines is 1. The normalized spacial score (nSPS) is 21.6. The van der Waals surface area contributed by atoms with Crippen molar-refractivity contribution in [2.75, 3.05) is 5.32 Å². The number of carbonyl (C=O) groups is 1. The predicted octanol–water partition coefficient (Wildman–Crippen LogP) is 10.2. The monoisotopic (exact) mass is 593 g/mol. The number of phenols is 1. The topological polar surface area (TPSA) is 49.3 Å². The number of hydrogen-bond acceptors (Lipinski definition) is 2. The zero-order valence-corrected chi connectivity index (χ0v) is 24.4. The Balaban J connectivity index is 1.45. The second-order valence-corrected chi connectivity index (χ2v) is 12.3. The Bertz CT molecular complexity index is 1440. The molecule has 2 aliphatic rings. The molecule has 43 heavy (non-hydrogen) atoms. The first kappa shape index (κ1) is 30.8. The summed E-state index contributed by atoms with van der Waals surface area (Å²) in [4.78, 5) is 13.2. The molecular formula is C36H39F4NO2. The van der Waals surface area contributed by atoms with Crippen molar-refractivity contribution in [3.8, 4) is 16.9 Å². The minimum Gasteiger partial charge on any atom is -0.505 e. The molecule has 2 fully saturated rings. The van der Waals surface area contributed by atoms with Gasteiger partial charge in [-0.3, -0.25) is 4.79 Å². The number of phenolic OH excluding ortho intramolecular Hbond substituents is 1. The number of aromatic hydroxyl groups is 1. The van der Waals surface area contributed by atoms with Crippen LogP contribution in [0.1, 0.15) is 81.8 Å². The fourth-order valence-corrected chi connectivity index (χ4v) is 7.39.